The molecule has 8 heteroatoms. The van der Waals surface area contributed by atoms with Gasteiger partial charge in [-0.2, -0.15) is 18.3 Å². The highest BCUT2D eigenvalue weighted by atomic mass is 19.4. The Morgan fingerprint density at radius 2 is 1.85 bits per heavy atom. The second-order valence-corrected chi connectivity index (χ2v) is 6.96. The number of hydrogen-bond acceptors (Lipinski definition) is 3. The maximum atomic E-state index is 12.9. The number of aryl methyl sites for hydroxylation is 1. The van der Waals surface area contributed by atoms with Crippen molar-refractivity contribution in [1.82, 2.24) is 19.6 Å². The van der Waals surface area contributed by atoms with Crippen LogP contribution in [0.25, 0.3) is 0 Å². The van der Waals surface area contributed by atoms with Gasteiger partial charge in [0.25, 0.3) is 5.91 Å². The van der Waals surface area contributed by atoms with Crippen molar-refractivity contribution < 1.29 is 18.0 Å². The van der Waals surface area contributed by atoms with Crippen molar-refractivity contribution in [3.05, 3.63) is 53.3 Å². The van der Waals surface area contributed by atoms with Crippen molar-refractivity contribution >= 4 is 5.91 Å². The Labute approximate surface area is 156 Å². The van der Waals surface area contributed by atoms with E-state index in [9.17, 15) is 18.0 Å². The monoisotopic (exact) mass is 380 g/mol. The summed E-state index contributed by atoms with van der Waals surface area (Å²) >= 11 is 0. The molecular formula is C19H23F3N4O. The van der Waals surface area contributed by atoms with Crippen LogP contribution >= 0.6 is 0 Å². The summed E-state index contributed by atoms with van der Waals surface area (Å²) in [5.41, 5.74) is 0.163. The standard InChI is InChI=1S/C19H23F3N4O/c1-24(13-14-6-4-3-5-7-14)15-8-10-26(11-9-15)18(27)16-12-17(19(20,21)22)25(2)23-16/h3-7,12,15H,8-11,13H2,1-2H3. The number of benzene rings is 1. The van der Waals surface area contributed by atoms with Crippen LogP contribution in [0.3, 0.4) is 0 Å². The van der Waals surface area contributed by atoms with E-state index in [1.807, 2.05) is 18.2 Å². The van der Waals surface area contributed by atoms with Gasteiger partial charge in [-0.1, -0.05) is 30.3 Å². The number of halogens is 3. The topological polar surface area (TPSA) is 41.4 Å². The first-order chi connectivity index (χ1) is 12.8. The molecule has 3 rings (SSSR count). The highest BCUT2D eigenvalue weighted by molar-refractivity contribution is 5.92. The summed E-state index contributed by atoms with van der Waals surface area (Å²) in [6.07, 6.45) is -2.95. The first kappa shape index (κ1) is 19.4. The zero-order chi connectivity index (χ0) is 19.6. The number of carbonyl (C=O) groups excluding carboxylic acids is 1. The molecule has 0 bridgehead atoms. The molecule has 0 unspecified atom stereocenters. The lowest BCUT2D eigenvalue weighted by atomic mass is 10.0. The lowest BCUT2D eigenvalue weighted by Crippen LogP contribution is -2.45. The van der Waals surface area contributed by atoms with Gasteiger partial charge in [-0.25, -0.2) is 0 Å². The number of hydrogen-bond donors (Lipinski definition) is 0. The first-order valence-electron chi connectivity index (χ1n) is 8.90. The predicted octanol–water partition coefficient (Wildman–Crippen LogP) is 3.18. The fourth-order valence-electron chi connectivity index (χ4n) is 3.51. The average Bonchev–Trinajstić information content (AvgIpc) is 3.04. The summed E-state index contributed by atoms with van der Waals surface area (Å²) in [6, 6.07) is 11.3. The Morgan fingerprint density at radius 3 is 2.41 bits per heavy atom. The third kappa shape index (κ3) is 4.50. The SMILES string of the molecule is CN(Cc1ccccc1)C1CCN(C(=O)c2cc(C(F)(F)F)n(C)n2)CC1. The highest BCUT2D eigenvalue weighted by Crippen LogP contribution is 2.29. The molecule has 2 heterocycles. The van der Waals surface area contributed by atoms with Crippen LogP contribution in [-0.2, 0) is 19.8 Å². The number of aromatic nitrogens is 2. The van der Waals surface area contributed by atoms with Gasteiger partial charge in [0.05, 0.1) is 0 Å². The second-order valence-electron chi connectivity index (χ2n) is 6.96. The third-order valence-corrected chi connectivity index (χ3v) is 5.04. The Morgan fingerprint density at radius 1 is 1.22 bits per heavy atom. The second kappa shape index (κ2) is 7.72. The molecule has 0 atom stereocenters. The highest BCUT2D eigenvalue weighted by Gasteiger charge is 2.36. The summed E-state index contributed by atoms with van der Waals surface area (Å²) < 4.78 is 39.4. The zero-order valence-corrected chi connectivity index (χ0v) is 15.4. The molecule has 1 fully saturated rings. The van der Waals surface area contributed by atoms with E-state index in [-0.39, 0.29) is 5.69 Å². The van der Waals surface area contributed by atoms with Gasteiger partial charge in [-0.15, -0.1) is 0 Å². The van der Waals surface area contributed by atoms with E-state index in [1.165, 1.54) is 12.6 Å². The molecule has 1 saturated heterocycles. The average molecular weight is 380 g/mol. The number of carbonyl (C=O) groups is 1. The lowest BCUT2D eigenvalue weighted by Gasteiger charge is -2.36. The van der Waals surface area contributed by atoms with E-state index in [0.29, 0.717) is 23.8 Å². The van der Waals surface area contributed by atoms with Crippen molar-refractivity contribution in [2.75, 3.05) is 20.1 Å². The Hall–Kier alpha value is -2.35. The van der Waals surface area contributed by atoms with Crippen LogP contribution in [0.2, 0.25) is 0 Å². The number of likely N-dealkylation sites (tertiary alicyclic amines) is 1. The zero-order valence-electron chi connectivity index (χ0n) is 15.4. The van der Waals surface area contributed by atoms with Crippen molar-refractivity contribution in [2.24, 2.45) is 7.05 Å². The lowest BCUT2D eigenvalue weighted by molar-refractivity contribution is -0.143. The van der Waals surface area contributed by atoms with Gasteiger partial charge in [0.15, 0.2) is 5.69 Å². The maximum Gasteiger partial charge on any atom is 0.433 e. The molecule has 1 aliphatic rings. The molecule has 27 heavy (non-hydrogen) atoms. The van der Waals surface area contributed by atoms with E-state index in [4.69, 9.17) is 0 Å². The van der Waals surface area contributed by atoms with Crippen LogP contribution in [0.15, 0.2) is 36.4 Å². The molecule has 0 saturated carbocycles. The number of piperidine rings is 1. The molecule has 1 aliphatic heterocycles. The Balaban J connectivity index is 1.58. The number of nitrogens with zero attached hydrogens (tertiary/aromatic N) is 4. The third-order valence-electron chi connectivity index (χ3n) is 5.04. The summed E-state index contributed by atoms with van der Waals surface area (Å²) in [7, 11) is 3.26. The Kier molecular flexibility index (Phi) is 5.55. The summed E-state index contributed by atoms with van der Waals surface area (Å²) in [5.74, 6) is -0.440. The molecule has 1 amide bonds. The van der Waals surface area contributed by atoms with Gasteiger partial charge in [-0.05, 0) is 25.5 Å². The quantitative estimate of drug-likeness (QED) is 0.818. The van der Waals surface area contributed by atoms with E-state index >= 15 is 0 Å². The predicted molar refractivity (Wildman–Crippen MR) is 95.0 cm³/mol. The van der Waals surface area contributed by atoms with Gasteiger partial charge in [-0.3, -0.25) is 14.4 Å². The largest absolute Gasteiger partial charge is 0.433 e. The molecule has 1 aromatic heterocycles. The normalized spacial score (nSPS) is 16.1. The van der Waals surface area contributed by atoms with Gasteiger partial charge in [0.1, 0.15) is 5.69 Å². The number of rotatable bonds is 4. The molecule has 0 N–H and O–H groups in total. The molecule has 0 aliphatic carbocycles. The van der Waals surface area contributed by atoms with Gasteiger partial charge in [0, 0.05) is 38.8 Å². The Bertz CT molecular complexity index is 780. The van der Waals surface area contributed by atoms with Crippen LogP contribution in [0.1, 0.15) is 34.6 Å². The number of amides is 1. The van der Waals surface area contributed by atoms with Crippen molar-refractivity contribution in [3.8, 4) is 0 Å². The van der Waals surface area contributed by atoms with Crippen molar-refractivity contribution in [3.63, 3.8) is 0 Å². The van der Waals surface area contributed by atoms with Gasteiger partial charge in [0.2, 0.25) is 0 Å². The van der Waals surface area contributed by atoms with Crippen LogP contribution in [0, 0.1) is 0 Å². The van der Waals surface area contributed by atoms with Crippen LogP contribution in [0.5, 0.6) is 0 Å². The van der Waals surface area contributed by atoms with Crippen LogP contribution in [-0.4, -0.2) is 51.7 Å². The maximum absolute atomic E-state index is 12.9. The van der Waals surface area contributed by atoms with Gasteiger partial charge >= 0.3 is 6.18 Å². The summed E-state index contributed by atoms with van der Waals surface area (Å²) in [4.78, 5) is 16.4. The van der Waals surface area contributed by atoms with E-state index in [1.54, 1.807) is 4.90 Å². The van der Waals surface area contributed by atoms with Crippen molar-refractivity contribution in [2.45, 2.75) is 31.6 Å². The van der Waals surface area contributed by atoms with E-state index in [0.717, 1.165) is 25.5 Å². The molecular weight excluding hydrogens is 357 g/mol. The molecule has 0 radical (unpaired) electrons. The summed E-state index contributed by atoms with van der Waals surface area (Å²) in [6.45, 7) is 1.86. The van der Waals surface area contributed by atoms with E-state index < -0.39 is 17.8 Å². The van der Waals surface area contributed by atoms with Crippen LogP contribution in [0.4, 0.5) is 13.2 Å². The summed E-state index contributed by atoms with van der Waals surface area (Å²) in [5, 5.41) is 3.76. The molecule has 1 aromatic carbocycles. The van der Waals surface area contributed by atoms with E-state index in [2.05, 4.69) is 29.2 Å². The first-order valence-corrected chi connectivity index (χ1v) is 8.90. The molecule has 5 nitrogen and oxygen atoms in total. The molecule has 146 valence electrons. The molecule has 2 aromatic rings. The fraction of sp³-hybridized carbons (Fsp3) is 0.474. The minimum atomic E-state index is -4.52. The van der Waals surface area contributed by atoms with Crippen LogP contribution < -0.4 is 0 Å². The fourth-order valence-corrected chi connectivity index (χ4v) is 3.51. The minimum absolute atomic E-state index is 0.152. The number of alkyl halides is 3. The molecule has 0 spiro atoms. The van der Waals surface area contributed by atoms with Gasteiger partial charge < -0.3 is 4.90 Å². The van der Waals surface area contributed by atoms with Crippen molar-refractivity contribution in [1.29, 1.82) is 0 Å². The smallest absolute Gasteiger partial charge is 0.337 e. The minimum Gasteiger partial charge on any atom is -0.337 e.